The average Bonchev–Trinajstić information content (AvgIpc) is 2.55. The molecule has 1 aliphatic rings. The van der Waals surface area contributed by atoms with Crippen LogP contribution < -0.4 is 14.8 Å². The van der Waals surface area contributed by atoms with Gasteiger partial charge in [0.25, 0.3) is 0 Å². The maximum absolute atomic E-state index is 12.7. The van der Waals surface area contributed by atoms with Gasteiger partial charge < -0.3 is 14.4 Å². The molecule has 0 unspecified atom stereocenters. The molecule has 0 spiro atoms. The quantitative estimate of drug-likeness (QED) is 0.869. The van der Waals surface area contributed by atoms with Crippen LogP contribution in [0.1, 0.15) is 50.8 Å². The van der Waals surface area contributed by atoms with Gasteiger partial charge in [-0.15, -0.1) is 0 Å². The number of hydrogen-bond donors (Lipinski definition) is 1. The first-order valence-electron chi connectivity index (χ1n) is 8.68. The predicted octanol–water partition coefficient (Wildman–Crippen LogP) is 3.06. The molecule has 5 nitrogen and oxygen atoms in total. The van der Waals surface area contributed by atoms with Crippen molar-refractivity contribution in [2.75, 3.05) is 20.8 Å². The number of nitrogens with one attached hydrogen (secondary N) is 1. The Morgan fingerprint density at radius 2 is 1.79 bits per heavy atom. The number of aryl methyl sites for hydroxylation is 1. The van der Waals surface area contributed by atoms with E-state index in [1.54, 1.807) is 14.2 Å². The van der Waals surface area contributed by atoms with Gasteiger partial charge in [-0.2, -0.15) is 0 Å². The smallest absolute Gasteiger partial charge is 0.239 e. The van der Waals surface area contributed by atoms with E-state index in [9.17, 15) is 4.79 Å². The number of amides is 1. The van der Waals surface area contributed by atoms with Crippen molar-refractivity contribution < 1.29 is 14.3 Å². The molecule has 1 aromatic rings. The lowest BCUT2D eigenvalue weighted by molar-refractivity contribution is -0.138. The number of hydrogen-bond acceptors (Lipinski definition) is 4. The van der Waals surface area contributed by atoms with Crippen LogP contribution in [0.4, 0.5) is 0 Å². The van der Waals surface area contributed by atoms with Crippen LogP contribution in [0.5, 0.6) is 11.5 Å². The molecule has 0 bridgehead atoms. The number of carbonyl (C=O) groups excluding carboxylic acids is 1. The van der Waals surface area contributed by atoms with Crippen LogP contribution in [0.2, 0.25) is 0 Å². The van der Waals surface area contributed by atoms with Crippen LogP contribution in [0, 0.1) is 6.92 Å². The lowest BCUT2D eigenvalue weighted by atomic mass is 9.98. The maximum Gasteiger partial charge on any atom is 0.239 e. The highest BCUT2D eigenvalue weighted by atomic mass is 16.5. The van der Waals surface area contributed by atoms with Crippen LogP contribution in [0.3, 0.4) is 0 Å². The second kappa shape index (κ2) is 7.88. The topological polar surface area (TPSA) is 50.8 Å². The monoisotopic (exact) mass is 334 g/mol. The third-order valence-corrected chi connectivity index (χ3v) is 4.79. The number of ether oxygens (including phenoxy) is 2. The molecular formula is C19H30N2O3. The molecule has 0 saturated carbocycles. The van der Waals surface area contributed by atoms with Gasteiger partial charge >= 0.3 is 0 Å². The van der Waals surface area contributed by atoms with Crippen molar-refractivity contribution in [2.24, 2.45) is 0 Å². The summed E-state index contributed by atoms with van der Waals surface area (Å²) in [6.07, 6.45) is 1.93. The molecular weight excluding hydrogens is 304 g/mol. The summed E-state index contributed by atoms with van der Waals surface area (Å²) in [5, 5.41) is 3.51. The zero-order valence-electron chi connectivity index (χ0n) is 15.7. The molecule has 2 rings (SSSR count). The maximum atomic E-state index is 12.7. The molecule has 134 valence electrons. The standard InChI is InChI=1S/C19H30N2O3/c1-12(2)21-9-7-8-16(19(21)22)20-14(4)15-11-18(24-6)17(23-5)10-13(15)3/h10-12,14,16,20H,7-9H2,1-6H3/t14-,16+/m1/s1. The minimum atomic E-state index is -0.122. The zero-order valence-corrected chi connectivity index (χ0v) is 15.7. The molecule has 1 fully saturated rings. The Balaban J connectivity index is 2.17. The van der Waals surface area contributed by atoms with Crippen LogP contribution in [0.25, 0.3) is 0 Å². The van der Waals surface area contributed by atoms with Crippen molar-refractivity contribution in [3.63, 3.8) is 0 Å². The van der Waals surface area contributed by atoms with Crippen molar-refractivity contribution in [1.82, 2.24) is 10.2 Å². The number of methoxy groups -OCH3 is 2. The summed E-state index contributed by atoms with van der Waals surface area (Å²) in [5.41, 5.74) is 2.25. The summed E-state index contributed by atoms with van der Waals surface area (Å²) < 4.78 is 10.8. The van der Waals surface area contributed by atoms with E-state index in [0.29, 0.717) is 5.75 Å². The second-order valence-corrected chi connectivity index (χ2v) is 6.77. The molecule has 5 heteroatoms. The average molecular weight is 334 g/mol. The van der Waals surface area contributed by atoms with Gasteiger partial charge in [0.05, 0.1) is 20.3 Å². The molecule has 1 heterocycles. The Labute approximate surface area is 145 Å². The van der Waals surface area contributed by atoms with Crippen LogP contribution in [-0.4, -0.2) is 43.7 Å². The van der Waals surface area contributed by atoms with E-state index in [4.69, 9.17) is 9.47 Å². The first kappa shape index (κ1) is 18.6. The Morgan fingerprint density at radius 1 is 1.17 bits per heavy atom. The highest BCUT2D eigenvalue weighted by Crippen LogP contribution is 2.33. The summed E-state index contributed by atoms with van der Waals surface area (Å²) in [5.74, 6) is 1.65. The van der Waals surface area contributed by atoms with Gasteiger partial charge in [-0.1, -0.05) is 0 Å². The zero-order chi connectivity index (χ0) is 17.9. The van der Waals surface area contributed by atoms with E-state index in [1.165, 1.54) is 0 Å². The van der Waals surface area contributed by atoms with Gasteiger partial charge in [-0.3, -0.25) is 10.1 Å². The molecule has 1 aromatic carbocycles. The van der Waals surface area contributed by atoms with Gasteiger partial charge in [0.15, 0.2) is 11.5 Å². The van der Waals surface area contributed by atoms with Gasteiger partial charge in [-0.05, 0) is 63.8 Å². The highest BCUT2D eigenvalue weighted by Gasteiger charge is 2.31. The largest absolute Gasteiger partial charge is 0.493 e. The van der Waals surface area contributed by atoms with Gasteiger partial charge in [0.2, 0.25) is 5.91 Å². The first-order valence-corrected chi connectivity index (χ1v) is 8.68. The number of likely N-dealkylation sites (tertiary alicyclic amines) is 1. The summed E-state index contributed by atoms with van der Waals surface area (Å²) in [4.78, 5) is 14.6. The lowest BCUT2D eigenvalue weighted by Crippen LogP contribution is -2.53. The van der Waals surface area contributed by atoms with Crippen molar-refractivity contribution in [3.05, 3.63) is 23.3 Å². The van der Waals surface area contributed by atoms with Crippen molar-refractivity contribution in [2.45, 2.75) is 58.7 Å². The number of benzene rings is 1. The highest BCUT2D eigenvalue weighted by molar-refractivity contribution is 5.83. The molecule has 1 N–H and O–H groups in total. The molecule has 0 aliphatic carbocycles. The van der Waals surface area contributed by atoms with Crippen LogP contribution in [-0.2, 0) is 4.79 Å². The fourth-order valence-corrected chi connectivity index (χ4v) is 3.42. The van der Waals surface area contributed by atoms with E-state index in [0.717, 1.165) is 36.3 Å². The number of piperidine rings is 1. The minimum absolute atomic E-state index is 0.0610. The van der Waals surface area contributed by atoms with E-state index in [1.807, 2.05) is 17.0 Å². The summed E-state index contributed by atoms with van der Waals surface area (Å²) in [6.45, 7) is 9.15. The summed E-state index contributed by atoms with van der Waals surface area (Å²) >= 11 is 0. The van der Waals surface area contributed by atoms with E-state index in [-0.39, 0.29) is 24.0 Å². The number of nitrogens with zero attached hydrogens (tertiary/aromatic N) is 1. The molecule has 1 saturated heterocycles. The number of rotatable bonds is 6. The van der Waals surface area contributed by atoms with E-state index < -0.39 is 0 Å². The van der Waals surface area contributed by atoms with Crippen molar-refractivity contribution in [3.8, 4) is 11.5 Å². The van der Waals surface area contributed by atoms with Gasteiger partial charge in [-0.25, -0.2) is 0 Å². The third kappa shape index (κ3) is 3.83. The fraction of sp³-hybridized carbons (Fsp3) is 0.632. The molecule has 1 amide bonds. The Morgan fingerprint density at radius 3 is 2.38 bits per heavy atom. The molecule has 0 radical (unpaired) electrons. The third-order valence-electron chi connectivity index (χ3n) is 4.79. The SMILES string of the molecule is COc1cc(C)c([C@@H](C)N[C@H]2CCCN(C(C)C)C2=O)cc1OC. The van der Waals surface area contributed by atoms with E-state index >= 15 is 0 Å². The minimum Gasteiger partial charge on any atom is -0.493 e. The molecule has 0 aromatic heterocycles. The van der Waals surface area contributed by atoms with Gasteiger partial charge in [0.1, 0.15) is 0 Å². The van der Waals surface area contributed by atoms with Gasteiger partial charge in [0, 0.05) is 18.6 Å². The second-order valence-electron chi connectivity index (χ2n) is 6.77. The van der Waals surface area contributed by atoms with Crippen LogP contribution >= 0.6 is 0 Å². The molecule has 24 heavy (non-hydrogen) atoms. The Hall–Kier alpha value is -1.75. The first-order chi connectivity index (χ1) is 11.4. The number of carbonyl (C=O) groups is 1. The molecule has 2 atom stereocenters. The fourth-order valence-electron chi connectivity index (χ4n) is 3.42. The predicted molar refractivity (Wildman–Crippen MR) is 95.7 cm³/mol. The van der Waals surface area contributed by atoms with E-state index in [2.05, 4.69) is 33.0 Å². The van der Waals surface area contributed by atoms with Crippen molar-refractivity contribution in [1.29, 1.82) is 0 Å². The van der Waals surface area contributed by atoms with Crippen LogP contribution in [0.15, 0.2) is 12.1 Å². The summed E-state index contributed by atoms with van der Waals surface area (Å²) in [7, 11) is 3.28. The Kier molecular flexibility index (Phi) is 6.10. The lowest BCUT2D eigenvalue weighted by Gasteiger charge is -2.36. The Bertz CT molecular complexity index is 586. The molecule has 1 aliphatic heterocycles. The van der Waals surface area contributed by atoms with Crippen molar-refractivity contribution >= 4 is 5.91 Å². The normalized spacial score (nSPS) is 19.5. The summed E-state index contributed by atoms with van der Waals surface area (Å²) in [6, 6.07) is 4.17.